The van der Waals surface area contributed by atoms with Gasteiger partial charge in [0, 0.05) is 33.5 Å². The minimum atomic E-state index is -0.583. The van der Waals surface area contributed by atoms with Crippen LogP contribution in [0.25, 0.3) is 5.65 Å². The lowest BCUT2D eigenvalue weighted by atomic mass is 10.1. The van der Waals surface area contributed by atoms with E-state index in [1.807, 2.05) is 43.6 Å². The summed E-state index contributed by atoms with van der Waals surface area (Å²) < 4.78 is 7.28. The van der Waals surface area contributed by atoms with Crippen molar-refractivity contribution in [1.82, 2.24) is 19.2 Å². The van der Waals surface area contributed by atoms with Gasteiger partial charge in [-0.05, 0) is 51.2 Å². The first-order valence-corrected chi connectivity index (χ1v) is 10.4. The van der Waals surface area contributed by atoms with Crippen molar-refractivity contribution < 1.29 is 19.1 Å². The van der Waals surface area contributed by atoms with Crippen LogP contribution in [0.15, 0.2) is 18.5 Å². The maximum atomic E-state index is 12.3. The summed E-state index contributed by atoms with van der Waals surface area (Å²) in [6.45, 7) is 5.64. The van der Waals surface area contributed by atoms with Gasteiger partial charge in [0.2, 0.25) is 12.3 Å². The standard InChI is InChI=1S/C22H31N5O4.CH4/c1-22(2,3)31-21(30)25(6)11-17-12-26-10-16(15-7-8-15)9-18(20(26)23-17)27(14-28)13-19(29)24(4)5;/h9-10,12,14-15H,7-8,11,13H2,1-6H3;1H4. The van der Waals surface area contributed by atoms with Crippen molar-refractivity contribution in [2.45, 2.75) is 59.1 Å². The molecule has 9 heteroatoms. The molecule has 0 aliphatic heterocycles. The van der Waals surface area contributed by atoms with Gasteiger partial charge >= 0.3 is 6.09 Å². The number of anilines is 1. The average Bonchev–Trinajstić information content (AvgIpc) is 3.44. The minimum Gasteiger partial charge on any atom is -0.444 e. The molecule has 0 bridgehead atoms. The smallest absolute Gasteiger partial charge is 0.410 e. The largest absolute Gasteiger partial charge is 0.444 e. The minimum absolute atomic E-state index is 0. The van der Waals surface area contributed by atoms with Gasteiger partial charge in [0.15, 0.2) is 5.65 Å². The first-order chi connectivity index (χ1) is 14.5. The van der Waals surface area contributed by atoms with Crippen molar-refractivity contribution in [2.24, 2.45) is 0 Å². The van der Waals surface area contributed by atoms with Crippen LogP contribution in [0.5, 0.6) is 0 Å². The first-order valence-electron chi connectivity index (χ1n) is 10.4. The van der Waals surface area contributed by atoms with Crippen LogP contribution in [0.1, 0.15) is 58.2 Å². The Morgan fingerprint density at radius 3 is 2.41 bits per heavy atom. The zero-order chi connectivity index (χ0) is 22.9. The van der Waals surface area contributed by atoms with Gasteiger partial charge in [0.05, 0.1) is 17.9 Å². The van der Waals surface area contributed by atoms with Gasteiger partial charge in [-0.3, -0.25) is 9.59 Å². The van der Waals surface area contributed by atoms with Crippen molar-refractivity contribution in [2.75, 3.05) is 32.6 Å². The lowest BCUT2D eigenvalue weighted by molar-refractivity contribution is -0.128. The molecular weight excluding hydrogens is 410 g/mol. The first kappa shape index (κ1) is 25.2. The van der Waals surface area contributed by atoms with Crippen LogP contribution in [0.2, 0.25) is 0 Å². The number of hydrogen-bond acceptors (Lipinski definition) is 5. The van der Waals surface area contributed by atoms with Crippen LogP contribution in [0.4, 0.5) is 10.5 Å². The number of aromatic nitrogens is 2. The molecule has 2 aromatic rings. The zero-order valence-electron chi connectivity index (χ0n) is 19.1. The van der Waals surface area contributed by atoms with E-state index >= 15 is 0 Å². The molecule has 0 atom stereocenters. The Morgan fingerprint density at radius 1 is 1.22 bits per heavy atom. The number of amides is 3. The Bertz CT molecular complexity index is 988. The Balaban J connectivity index is 0.00000363. The normalized spacial score (nSPS) is 13.3. The van der Waals surface area contributed by atoms with Crippen molar-refractivity contribution in [3.8, 4) is 0 Å². The molecule has 0 N–H and O–H groups in total. The van der Waals surface area contributed by atoms with Crippen molar-refractivity contribution in [3.05, 3.63) is 29.7 Å². The maximum absolute atomic E-state index is 12.3. The molecule has 1 aliphatic rings. The fraction of sp³-hybridized carbons (Fsp3) is 0.565. The second-order valence-corrected chi connectivity index (χ2v) is 9.25. The quantitative estimate of drug-likeness (QED) is 0.611. The van der Waals surface area contributed by atoms with E-state index in [0.717, 1.165) is 18.4 Å². The highest BCUT2D eigenvalue weighted by molar-refractivity contribution is 5.92. The van der Waals surface area contributed by atoms with Crippen LogP contribution in [0.3, 0.4) is 0 Å². The number of imidazole rings is 1. The third-order valence-electron chi connectivity index (χ3n) is 5.00. The van der Waals surface area contributed by atoms with E-state index in [1.165, 1.54) is 14.7 Å². The molecule has 0 saturated heterocycles. The lowest BCUT2D eigenvalue weighted by Crippen LogP contribution is -2.36. The van der Waals surface area contributed by atoms with E-state index in [2.05, 4.69) is 4.98 Å². The van der Waals surface area contributed by atoms with E-state index in [-0.39, 0.29) is 26.4 Å². The number of nitrogens with zero attached hydrogens (tertiary/aromatic N) is 5. The Morgan fingerprint density at radius 2 is 1.88 bits per heavy atom. The summed E-state index contributed by atoms with van der Waals surface area (Å²) in [4.78, 5) is 45.4. The molecule has 1 fully saturated rings. The predicted octanol–water partition coefficient (Wildman–Crippen LogP) is 3.27. The summed E-state index contributed by atoms with van der Waals surface area (Å²) in [6, 6.07) is 1.94. The van der Waals surface area contributed by atoms with Gasteiger partial charge in [-0.2, -0.15) is 0 Å². The van der Waals surface area contributed by atoms with Crippen molar-refractivity contribution >= 4 is 29.7 Å². The van der Waals surface area contributed by atoms with Crippen LogP contribution >= 0.6 is 0 Å². The number of carbonyl (C=O) groups is 3. The molecule has 3 amide bonds. The Kier molecular flexibility index (Phi) is 7.54. The summed E-state index contributed by atoms with van der Waals surface area (Å²) in [5, 5.41) is 0. The number of fused-ring (bicyclic) bond motifs is 1. The van der Waals surface area contributed by atoms with E-state index in [1.54, 1.807) is 21.1 Å². The Hall–Kier alpha value is -3.10. The van der Waals surface area contributed by atoms with Gasteiger partial charge in [-0.1, -0.05) is 7.43 Å². The SMILES string of the molecule is C.CN(C)C(=O)CN(C=O)c1cc(C2CC2)cn2cc(CN(C)C(=O)OC(C)(C)C)nc12. The molecular formula is C23H35N5O4. The lowest BCUT2D eigenvalue weighted by Gasteiger charge is -2.24. The number of hydrogen-bond donors (Lipinski definition) is 0. The molecule has 2 aromatic heterocycles. The second kappa shape index (κ2) is 9.58. The maximum Gasteiger partial charge on any atom is 0.410 e. The second-order valence-electron chi connectivity index (χ2n) is 9.25. The van der Waals surface area contributed by atoms with Crippen molar-refractivity contribution in [3.63, 3.8) is 0 Å². The van der Waals surface area contributed by atoms with Gasteiger partial charge in [0.1, 0.15) is 12.1 Å². The molecule has 0 spiro atoms. The molecule has 1 saturated carbocycles. The topological polar surface area (TPSA) is 87.5 Å². The fourth-order valence-corrected chi connectivity index (χ4v) is 3.19. The van der Waals surface area contributed by atoms with Gasteiger partial charge < -0.3 is 23.8 Å². The number of ether oxygens (including phenoxy) is 1. The molecule has 176 valence electrons. The predicted molar refractivity (Wildman–Crippen MR) is 124 cm³/mol. The number of pyridine rings is 1. The number of likely N-dealkylation sites (N-methyl/N-ethyl adjacent to an activating group) is 1. The van der Waals surface area contributed by atoms with Crippen LogP contribution < -0.4 is 4.90 Å². The molecule has 32 heavy (non-hydrogen) atoms. The molecule has 9 nitrogen and oxygen atoms in total. The van der Waals surface area contributed by atoms with Crippen LogP contribution in [0, 0.1) is 0 Å². The van der Waals surface area contributed by atoms with Gasteiger partial charge in [-0.25, -0.2) is 9.78 Å². The highest BCUT2D eigenvalue weighted by atomic mass is 16.6. The molecule has 1 aliphatic carbocycles. The summed E-state index contributed by atoms with van der Waals surface area (Å²) >= 11 is 0. The zero-order valence-corrected chi connectivity index (χ0v) is 19.1. The van der Waals surface area contributed by atoms with Crippen LogP contribution in [-0.4, -0.2) is 70.9 Å². The number of rotatable bonds is 7. The van der Waals surface area contributed by atoms with Gasteiger partial charge in [-0.15, -0.1) is 0 Å². The fourth-order valence-electron chi connectivity index (χ4n) is 3.19. The summed E-state index contributed by atoms with van der Waals surface area (Å²) in [7, 11) is 4.96. The third-order valence-corrected chi connectivity index (χ3v) is 5.00. The van der Waals surface area contributed by atoms with E-state index in [0.29, 0.717) is 29.4 Å². The van der Waals surface area contributed by atoms with E-state index < -0.39 is 11.7 Å². The molecule has 0 aromatic carbocycles. The Labute approximate surface area is 189 Å². The van der Waals surface area contributed by atoms with Crippen molar-refractivity contribution in [1.29, 1.82) is 0 Å². The van der Waals surface area contributed by atoms with Crippen LogP contribution in [-0.2, 0) is 20.9 Å². The molecule has 3 rings (SSSR count). The summed E-state index contributed by atoms with van der Waals surface area (Å²) in [5.74, 6) is 0.273. The summed E-state index contributed by atoms with van der Waals surface area (Å²) in [6.07, 6.45) is 6.29. The summed E-state index contributed by atoms with van der Waals surface area (Å²) in [5.41, 5.74) is 2.33. The van der Waals surface area contributed by atoms with Gasteiger partial charge in [0.25, 0.3) is 0 Å². The monoisotopic (exact) mass is 445 g/mol. The highest BCUT2D eigenvalue weighted by Crippen LogP contribution is 2.41. The average molecular weight is 446 g/mol. The van der Waals surface area contributed by atoms with E-state index in [9.17, 15) is 14.4 Å². The number of carbonyl (C=O) groups excluding carboxylic acids is 3. The third kappa shape index (κ3) is 5.99. The molecule has 2 heterocycles. The van der Waals surface area contributed by atoms with E-state index in [4.69, 9.17) is 4.74 Å². The molecule has 0 unspecified atom stereocenters. The molecule has 0 radical (unpaired) electrons. The highest BCUT2D eigenvalue weighted by Gasteiger charge is 2.27.